The number of aliphatic hydroxyl groups is 1. The molecule has 3 aliphatic carbocycles. The maximum Gasteiger partial charge on any atom is 0.255 e. The highest BCUT2D eigenvalue weighted by atomic mass is 16.3. The molecular formula is C32H38N3O4+. The molecule has 4 atom stereocenters. The number of benzene rings is 2. The van der Waals surface area contributed by atoms with Crippen molar-refractivity contribution < 1.29 is 24.3 Å². The van der Waals surface area contributed by atoms with Gasteiger partial charge in [-0.25, -0.2) is 0 Å². The largest absolute Gasteiger partial charge is 0.507 e. The number of piperidine rings is 1. The first-order valence-corrected chi connectivity index (χ1v) is 14.5. The van der Waals surface area contributed by atoms with Crippen LogP contribution in [0.1, 0.15) is 65.6 Å². The minimum atomic E-state index is -1.07. The molecule has 2 saturated carbocycles. The Bertz CT molecular complexity index is 1490. The lowest BCUT2D eigenvalue weighted by molar-refractivity contribution is -0.950. The number of amides is 1. The number of rotatable bonds is 6. The maximum absolute atomic E-state index is 13.3. The predicted octanol–water partition coefficient (Wildman–Crippen LogP) is 3.75. The minimum absolute atomic E-state index is 0.0103. The summed E-state index contributed by atoms with van der Waals surface area (Å²) in [4.78, 5) is 29.4. The number of nitrogens with one attached hydrogen (secondary N) is 2. The maximum atomic E-state index is 13.3. The third-order valence-corrected chi connectivity index (χ3v) is 10.6. The van der Waals surface area contributed by atoms with Crippen LogP contribution in [-0.2, 0) is 23.1 Å². The number of aromatic hydroxyl groups is 1. The fraction of sp³-hybridized carbons (Fsp3) is 0.500. The number of fused-ring (bicyclic) bond motifs is 2. The van der Waals surface area contributed by atoms with Crippen molar-refractivity contribution in [1.29, 1.82) is 0 Å². The summed E-state index contributed by atoms with van der Waals surface area (Å²) in [5, 5.41) is 28.3. The summed E-state index contributed by atoms with van der Waals surface area (Å²) in [5.41, 5.74) is 2.16. The van der Waals surface area contributed by atoms with Crippen LogP contribution in [0.3, 0.4) is 0 Å². The van der Waals surface area contributed by atoms with Gasteiger partial charge in [-0.05, 0) is 66.5 Å². The number of quaternary nitrogens is 1. The molecule has 4 aliphatic rings. The number of phenols is 1. The Morgan fingerprint density at radius 1 is 1.18 bits per heavy atom. The number of carbonyl (C=O) groups excluding carboxylic acids is 2. The summed E-state index contributed by atoms with van der Waals surface area (Å²) < 4.78 is 0.827. The molecule has 1 aromatic heterocycles. The molecule has 3 fully saturated rings. The normalized spacial score (nSPS) is 31.5. The van der Waals surface area contributed by atoms with E-state index in [9.17, 15) is 19.8 Å². The fourth-order valence-corrected chi connectivity index (χ4v) is 8.39. The molecule has 7 nitrogen and oxygen atoms in total. The molecule has 2 aromatic carbocycles. The van der Waals surface area contributed by atoms with Gasteiger partial charge in [0.05, 0.1) is 25.7 Å². The summed E-state index contributed by atoms with van der Waals surface area (Å²) in [6.07, 6.45) is 7.45. The molecule has 204 valence electrons. The molecule has 1 unspecified atom stereocenters. The quantitative estimate of drug-likeness (QED) is 0.366. The Morgan fingerprint density at radius 2 is 2.03 bits per heavy atom. The molecule has 1 aliphatic heterocycles. The van der Waals surface area contributed by atoms with Gasteiger partial charge in [0.1, 0.15) is 23.2 Å². The first kappa shape index (κ1) is 24.9. The van der Waals surface area contributed by atoms with E-state index >= 15 is 0 Å². The third-order valence-electron chi connectivity index (χ3n) is 10.6. The number of Topliss-reactive ketones (excluding diaryl/α,β-unsaturated/α-hetero) is 1. The van der Waals surface area contributed by atoms with Crippen LogP contribution in [0.5, 0.6) is 5.75 Å². The van der Waals surface area contributed by atoms with Crippen LogP contribution < -0.4 is 5.32 Å². The molecule has 2 bridgehead atoms. The highest BCUT2D eigenvalue weighted by molar-refractivity contribution is 5.98. The van der Waals surface area contributed by atoms with Gasteiger partial charge in [-0.15, -0.1) is 0 Å². The number of aromatic nitrogens is 1. The second-order valence-corrected chi connectivity index (χ2v) is 12.9. The number of likely N-dealkylation sites (tertiary alicyclic amines) is 1. The van der Waals surface area contributed by atoms with Crippen LogP contribution >= 0.6 is 0 Å². The zero-order valence-corrected chi connectivity index (χ0v) is 22.6. The van der Waals surface area contributed by atoms with Crippen LogP contribution in [0.2, 0.25) is 0 Å². The van der Waals surface area contributed by atoms with Gasteiger partial charge in [0.15, 0.2) is 0 Å². The Kier molecular flexibility index (Phi) is 5.52. The Hall–Kier alpha value is -3.16. The molecule has 7 rings (SSSR count). The number of ketones is 1. The van der Waals surface area contributed by atoms with Crippen molar-refractivity contribution in [2.45, 2.75) is 68.4 Å². The van der Waals surface area contributed by atoms with Gasteiger partial charge in [0.25, 0.3) is 5.91 Å². The summed E-state index contributed by atoms with van der Waals surface area (Å²) >= 11 is 0. The number of hydrogen-bond acceptors (Lipinski definition) is 4. The third kappa shape index (κ3) is 3.77. The van der Waals surface area contributed by atoms with Gasteiger partial charge < -0.3 is 25.0 Å². The molecule has 7 heteroatoms. The number of phenolic OH excluding ortho intramolecular Hbond substituents is 1. The smallest absolute Gasteiger partial charge is 0.255 e. The first-order valence-electron chi connectivity index (χ1n) is 14.5. The summed E-state index contributed by atoms with van der Waals surface area (Å²) in [6, 6.07) is 11.9. The molecule has 0 radical (unpaired) electrons. The van der Waals surface area contributed by atoms with Crippen molar-refractivity contribution >= 4 is 22.6 Å². The van der Waals surface area contributed by atoms with Gasteiger partial charge in [-0.1, -0.05) is 12.1 Å². The number of nitrogens with zero attached hydrogens (tertiary/aromatic N) is 1. The number of carbonyl (C=O) groups is 2. The van der Waals surface area contributed by atoms with Gasteiger partial charge in [0, 0.05) is 60.8 Å². The van der Waals surface area contributed by atoms with Crippen LogP contribution in [0.4, 0.5) is 0 Å². The standard InChI is InChI=1S/C32H37N3O4/c1-35(19-21-2-3-21)15-12-31-18-24(36)8-11-32(31,39)27(35)17-23-5-6-25(29(37)28(23)31)30(38)34-13-9-20-4-7-26-22(16-20)10-14-33-26/h4-7,10,14,16,21,27,33,39H,2-3,8-9,11-13,15,17-19H2,1H3,(H-,34,37,38)/p+1/t27-,31-,32-,35?/m1/s1. The minimum Gasteiger partial charge on any atom is -0.507 e. The van der Waals surface area contributed by atoms with Crippen molar-refractivity contribution in [3.05, 3.63) is 64.8 Å². The van der Waals surface area contributed by atoms with E-state index in [1.54, 1.807) is 6.07 Å². The van der Waals surface area contributed by atoms with Gasteiger partial charge in [0.2, 0.25) is 0 Å². The summed E-state index contributed by atoms with van der Waals surface area (Å²) in [7, 11) is 2.28. The molecule has 2 heterocycles. The second-order valence-electron chi connectivity index (χ2n) is 12.9. The van der Waals surface area contributed by atoms with Gasteiger partial charge in [-0.2, -0.15) is 0 Å². The average Bonchev–Trinajstić information content (AvgIpc) is 3.59. The molecule has 4 N–H and O–H groups in total. The van der Waals surface area contributed by atoms with E-state index in [0.717, 1.165) is 45.5 Å². The molecular weight excluding hydrogens is 490 g/mol. The van der Waals surface area contributed by atoms with E-state index in [-0.39, 0.29) is 35.5 Å². The fourth-order valence-electron chi connectivity index (χ4n) is 8.39. The van der Waals surface area contributed by atoms with Crippen molar-refractivity contribution in [1.82, 2.24) is 10.3 Å². The Labute approximate surface area is 228 Å². The second kappa shape index (κ2) is 8.67. The van der Waals surface area contributed by atoms with Crippen molar-refractivity contribution in [3.8, 4) is 5.75 Å². The van der Waals surface area contributed by atoms with E-state index in [1.807, 2.05) is 24.4 Å². The van der Waals surface area contributed by atoms with E-state index in [0.29, 0.717) is 44.2 Å². The Morgan fingerprint density at radius 3 is 2.85 bits per heavy atom. The number of likely N-dealkylation sites (N-methyl/N-ethyl adjacent to an activating group) is 1. The lowest BCUT2D eigenvalue weighted by Crippen LogP contribution is -2.78. The van der Waals surface area contributed by atoms with Crippen molar-refractivity contribution in [2.24, 2.45) is 5.92 Å². The number of hydrogen-bond donors (Lipinski definition) is 4. The monoisotopic (exact) mass is 528 g/mol. The summed E-state index contributed by atoms with van der Waals surface area (Å²) in [5.74, 6) is 0.483. The van der Waals surface area contributed by atoms with E-state index in [1.165, 1.54) is 12.8 Å². The molecule has 39 heavy (non-hydrogen) atoms. The zero-order chi connectivity index (χ0) is 27.0. The van der Waals surface area contributed by atoms with E-state index < -0.39 is 11.0 Å². The molecule has 1 saturated heterocycles. The topological polar surface area (TPSA) is 102 Å². The van der Waals surface area contributed by atoms with Gasteiger partial charge in [-0.3, -0.25) is 9.59 Å². The lowest BCUT2D eigenvalue weighted by atomic mass is 9.48. The first-order chi connectivity index (χ1) is 18.7. The van der Waals surface area contributed by atoms with Crippen LogP contribution in [0.15, 0.2) is 42.6 Å². The van der Waals surface area contributed by atoms with Crippen LogP contribution in [0, 0.1) is 5.92 Å². The highest BCUT2D eigenvalue weighted by Crippen LogP contribution is 2.61. The van der Waals surface area contributed by atoms with E-state index in [2.05, 4.69) is 29.5 Å². The lowest BCUT2D eigenvalue weighted by Gasteiger charge is -2.65. The number of aromatic amines is 1. The molecule has 1 amide bonds. The molecule has 0 spiro atoms. The molecule has 3 aromatic rings. The van der Waals surface area contributed by atoms with E-state index in [4.69, 9.17) is 0 Å². The van der Waals surface area contributed by atoms with Crippen LogP contribution in [-0.4, -0.2) is 69.7 Å². The SMILES string of the molecule is C[N+]1(CC2CC2)CC[C@]23CC(=O)CC[C@@]2(O)[C@H]1Cc1ccc(C(=O)NCCc2ccc4[nH]ccc4c2)c(O)c13. The number of H-pyrrole nitrogens is 1. The summed E-state index contributed by atoms with van der Waals surface area (Å²) in [6.45, 7) is 2.38. The average molecular weight is 529 g/mol. The van der Waals surface area contributed by atoms with Gasteiger partial charge >= 0.3 is 0 Å². The van der Waals surface area contributed by atoms with Crippen molar-refractivity contribution in [2.75, 3.05) is 26.7 Å². The predicted molar refractivity (Wildman–Crippen MR) is 149 cm³/mol. The van der Waals surface area contributed by atoms with Crippen LogP contribution in [0.25, 0.3) is 10.9 Å². The Balaban J connectivity index is 1.19. The highest BCUT2D eigenvalue weighted by Gasteiger charge is 2.70. The zero-order valence-electron chi connectivity index (χ0n) is 22.6. The van der Waals surface area contributed by atoms with Crippen molar-refractivity contribution in [3.63, 3.8) is 0 Å².